The fourth-order valence-electron chi connectivity index (χ4n) is 1.66. The number of carbonyl (C=O) groups is 1. The Labute approximate surface area is 83.4 Å². The summed E-state index contributed by atoms with van der Waals surface area (Å²) in [4.78, 5) is 12.2. The van der Waals surface area contributed by atoms with Crippen LogP contribution in [0.3, 0.4) is 0 Å². The first-order valence-corrected chi connectivity index (χ1v) is 4.58. The third-order valence-electron chi connectivity index (χ3n) is 2.78. The first-order valence-electron chi connectivity index (χ1n) is 4.58. The lowest BCUT2D eigenvalue weighted by molar-refractivity contribution is -0.154. The maximum Gasteiger partial charge on any atom is 0.324 e. The van der Waals surface area contributed by atoms with Gasteiger partial charge < -0.3 is 4.90 Å². The topological polar surface area (TPSA) is 32.3 Å². The second-order valence-corrected chi connectivity index (χ2v) is 3.98. The lowest BCUT2D eigenvalue weighted by Gasteiger charge is -2.22. The van der Waals surface area contributed by atoms with Crippen molar-refractivity contribution in [2.24, 2.45) is 0 Å². The molecule has 7 heteroatoms. The SMILES string of the molecule is O=C1N(CC(F)(F)C(F)F)CNC12CC2. The van der Waals surface area contributed by atoms with Crippen molar-refractivity contribution >= 4 is 5.91 Å². The highest BCUT2D eigenvalue weighted by molar-refractivity contribution is 5.91. The van der Waals surface area contributed by atoms with Gasteiger partial charge in [0.2, 0.25) is 5.91 Å². The van der Waals surface area contributed by atoms with Crippen LogP contribution in [0.1, 0.15) is 12.8 Å². The van der Waals surface area contributed by atoms with Crippen LogP contribution in [0.5, 0.6) is 0 Å². The Balaban J connectivity index is 1.99. The van der Waals surface area contributed by atoms with Gasteiger partial charge in [0.05, 0.1) is 18.8 Å². The molecule has 1 aliphatic heterocycles. The second kappa shape index (κ2) is 3.07. The van der Waals surface area contributed by atoms with E-state index in [0.29, 0.717) is 12.8 Å². The molecule has 2 rings (SSSR count). The molecule has 1 heterocycles. The van der Waals surface area contributed by atoms with Gasteiger partial charge in [0.25, 0.3) is 0 Å². The van der Waals surface area contributed by atoms with Crippen molar-refractivity contribution in [3.8, 4) is 0 Å². The number of alkyl halides is 4. The molecular formula is C8H10F4N2O. The molecule has 0 aromatic rings. The van der Waals surface area contributed by atoms with Gasteiger partial charge in [-0.15, -0.1) is 0 Å². The first-order chi connectivity index (χ1) is 6.87. The van der Waals surface area contributed by atoms with E-state index in [9.17, 15) is 22.4 Å². The lowest BCUT2D eigenvalue weighted by Crippen LogP contribution is -2.43. The van der Waals surface area contributed by atoms with Gasteiger partial charge in [-0.1, -0.05) is 0 Å². The summed E-state index contributed by atoms with van der Waals surface area (Å²) < 4.78 is 49.1. The van der Waals surface area contributed by atoms with E-state index < -0.39 is 30.3 Å². The molecule has 15 heavy (non-hydrogen) atoms. The molecule has 86 valence electrons. The molecule has 0 aromatic carbocycles. The van der Waals surface area contributed by atoms with Gasteiger partial charge in [0, 0.05) is 0 Å². The molecule has 1 saturated carbocycles. The van der Waals surface area contributed by atoms with Crippen LogP contribution in [-0.2, 0) is 4.79 Å². The molecule has 0 bridgehead atoms. The Kier molecular flexibility index (Phi) is 2.18. The molecule has 1 spiro atoms. The number of hydrogen-bond acceptors (Lipinski definition) is 2. The number of halogens is 4. The number of hydrogen-bond donors (Lipinski definition) is 1. The minimum atomic E-state index is -4.13. The molecule has 0 atom stereocenters. The van der Waals surface area contributed by atoms with Crippen LogP contribution >= 0.6 is 0 Å². The smallest absolute Gasteiger partial charge is 0.322 e. The molecule has 3 nitrogen and oxygen atoms in total. The number of nitrogens with zero attached hydrogens (tertiary/aromatic N) is 1. The number of rotatable bonds is 3. The summed E-state index contributed by atoms with van der Waals surface area (Å²) in [7, 11) is 0. The van der Waals surface area contributed by atoms with E-state index in [-0.39, 0.29) is 6.67 Å². The zero-order valence-electron chi connectivity index (χ0n) is 7.77. The summed E-state index contributed by atoms with van der Waals surface area (Å²) in [5.41, 5.74) is -0.710. The van der Waals surface area contributed by atoms with E-state index in [1.165, 1.54) is 0 Å². The van der Waals surface area contributed by atoms with E-state index in [1.807, 2.05) is 0 Å². The fourth-order valence-corrected chi connectivity index (χ4v) is 1.66. The number of nitrogens with one attached hydrogen (secondary N) is 1. The average Bonchev–Trinajstić information content (AvgIpc) is 2.86. The first kappa shape index (κ1) is 10.7. The molecule has 0 radical (unpaired) electrons. The molecule has 1 amide bonds. The van der Waals surface area contributed by atoms with Gasteiger partial charge >= 0.3 is 12.3 Å². The molecule has 1 N–H and O–H groups in total. The van der Waals surface area contributed by atoms with Crippen molar-refractivity contribution in [1.82, 2.24) is 10.2 Å². The average molecular weight is 226 g/mol. The number of carbonyl (C=O) groups excluding carboxylic acids is 1. The monoisotopic (exact) mass is 226 g/mol. The van der Waals surface area contributed by atoms with Gasteiger partial charge in [0.1, 0.15) is 0 Å². The molecule has 0 aromatic heterocycles. The van der Waals surface area contributed by atoms with Crippen molar-refractivity contribution in [2.45, 2.75) is 30.7 Å². The largest absolute Gasteiger partial charge is 0.324 e. The van der Waals surface area contributed by atoms with Gasteiger partial charge in [-0.05, 0) is 12.8 Å². The van der Waals surface area contributed by atoms with E-state index in [0.717, 1.165) is 4.90 Å². The molecule has 1 aliphatic carbocycles. The van der Waals surface area contributed by atoms with Crippen LogP contribution in [0.2, 0.25) is 0 Å². The molecule has 2 fully saturated rings. The van der Waals surface area contributed by atoms with Gasteiger partial charge in [0.15, 0.2) is 0 Å². The van der Waals surface area contributed by atoms with Crippen molar-refractivity contribution in [1.29, 1.82) is 0 Å². The second-order valence-electron chi connectivity index (χ2n) is 3.98. The van der Waals surface area contributed by atoms with Crippen molar-refractivity contribution in [3.63, 3.8) is 0 Å². The summed E-state index contributed by atoms with van der Waals surface area (Å²) in [6.45, 7) is -1.28. The van der Waals surface area contributed by atoms with Gasteiger partial charge in [-0.2, -0.15) is 8.78 Å². The van der Waals surface area contributed by atoms with E-state index in [1.54, 1.807) is 0 Å². The number of amides is 1. The predicted molar refractivity (Wildman–Crippen MR) is 42.6 cm³/mol. The molecule has 1 saturated heterocycles. The van der Waals surface area contributed by atoms with Crippen molar-refractivity contribution < 1.29 is 22.4 Å². The third-order valence-corrected chi connectivity index (χ3v) is 2.78. The Morgan fingerprint density at radius 2 is 2.07 bits per heavy atom. The van der Waals surface area contributed by atoms with Crippen LogP contribution in [0, 0.1) is 0 Å². The summed E-state index contributed by atoms with van der Waals surface area (Å²) in [5, 5.41) is 2.77. The van der Waals surface area contributed by atoms with Gasteiger partial charge in [-0.25, -0.2) is 8.78 Å². The van der Waals surface area contributed by atoms with Gasteiger partial charge in [-0.3, -0.25) is 10.1 Å². The maximum atomic E-state index is 12.7. The minimum Gasteiger partial charge on any atom is -0.322 e. The molecule has 0 unspecified atom stereocenters. The summed E-state index contributed by atoms with van der Waals surface area (Å²) >= 11 is 0. The Bertz CT molecular complexity index is 290. The zero-order valence-corrected chi connectivity index (χ0v) is 7.77. The normalized spacial score (nSPS) is 24.3. The minimum absolute atomic E-state index is 0.0683. The standard InChI is InChI=1S/C8H10F4N2O/c9-5(10)8(11,12)3-14-4-13-7(1-2-7)6(14)15/h5,13H,1-4H2. The van der Waals surface area contributed by atoms with Crippen LogP contribution in [0.25, 0.3) is 0 Å². The van der Waals surface area contributed by atoms with E-state index in [2.05, 4.69) is 5.32 Å². The van der Waals surface area contributed by atoms with Crippen molar-refractivity contribution in [2.75, 3.05) is 13.2 Å². The molecule has 2 aliphatic rings. The highest BCUT2D eigenvalue weighted by Crippen LogP contribution is 2.41. The highest BCUT2D eigenvalue weighted by Gasteiger charge is 2.57. The van der Waals surface area contributed by atoms with E-state index in [4.69, 9.17) is 0 Å². The fraction of sp³-hybridized carbons (Fsp3) is 0.875. The highest BCUT2D eigenvalue weighted by atomic mass is 19.3. The predicted octanol–water partition coefficient (Wildman–Crippen LogP) is 0.809. The zero-order chi connectivity index (χ0) is 11.3. The van der Waals surface area contributed by atoms with Crippen molar-refractivity contribution in [3.05, 3.63) is 0 Å². The van der Waals surface area contributed by atoms with Crippen LogP contribution in [-0.4, -0.2) is 41.9 Å². The summed E-state index contributed by atoms with van der Waals surface area (Å²) in [6, 6.07) is 0. The quantitative estimate of drug-likeness (QED) is 0.722. The molecular weight excluding hydrogens is 216 g/mol. The summed E-state index contributed by atoms with van der Waals surface area (Å²) in [6.07, 6.45) is -2.54. The Hall–Kier alpha value is -0.850. The lowest BCUT2D eigenvalue weighted by atomic mass is 10.2. The summed E-state index contributed by atoms with van der Waals surface area (Å²) in [5.74, 6) is -4.61. The Morgan fingerprint density at radius 3 is 2.47 bits per heavy atom. The third kappa shape index (κ3) is 1.68. The Morgan fingerprint density at radius 1 is 1.47 bits per heavy atom. The van der Waals surface area contributed by atoms with E-state index >= 15 is 0 Å². The van der Waals surface area contributed by atoms with Crippen LogP contribution < -0.4 is 5.32 Å². The van der Waals surface area contributed by atoms with Crippen LogP contribution in [0.15, 0.2) is 0 Å². The maximum absolute atomic E-state index is 12.7. The van der Waals surface area contributed by atoms with Crippen LogP contribution in [0.4, 0.5) is 17.6 Å².